The second kappa shape index (κ2) is 7.77. The number of fused-ring (bicyclic) bond motifs is 1. The van der Waals surface area contributed by atoms with Crippen LogP contribution >= 0.6 is 0 Å². The molecular formula is C19H18N4O4. The van der Waals surface area contributed by atoms with Crippen LogP contribution in [0.5, 0.6) is 0 Å². The summed E-state index contributed by atoms with van der Waals surface area (Å²) in [7, 11) is 1.26. The van der Waals surface area contributed by atoms with E-state index in [1.807, 2.05) is 0 Å². The number of carbonyl (C=O) groups excluding carboxylic acids is 2. The van der Waals surface area contributed by atoms with E-state index in [0.29, 0.717) is 23.0 Å². The van der Waals surface area contributed by atoms with Gasteiger partial charge in [-0.3, -0.25) is 9.59 Å². The van der Waals surface area contributed by atoms with Gasteiger partial charge < -0.3 is 10.1 Å². The highest BCUT2D eigenvalue weighted by Crippen LogP contribution is 2.19. The summed E-state index contributed by atoms with van der Waals surface area (Å²) < 4.78 is 5.80. The Morgan fingerprint density at radius 3 is 2.59 bits per heavy atom. The lowest BCUT2D eigenvalue weighted by molar-refractivity contribution is -0.119. The van der Waals surface area contributed by atoms with Crippen LogP contribution in [-0.4, -0.2) is 34.0 Å². The Balaban J connectivity index is 1.96. The van der Waals surface area contributed by atoms with Gasteiger partial charge in [0.1, 0.15) is 11.6 Å². The van der Waals surface area contributed by atoms with Crippen LogP contribution in [0.3, 0.4) is 0 Å². The Hall–Kier alpha value is -3.55. The van der Waals surface area contributed by atoms with Gasteiger partial charge in [0.2, 0.25) is 5.91 Å². The second-order valence-corrected chi connectivity index (χ2v) is 5.81. The van der Waals surface area contributed by atoms with E-state index >= 15 is 0 Å². The van der Waals surface area contributed by atoms with E-state index in [2.05, 4.69) is 15.6 Å². The van der Waals surface area contributed by atoms with Crippen molar-refractivity contribution < 1.29 is 14.3 Å². The molecule has 1 heterocycles. The lowest BCUT2D eigenvalue weighted by atomic mass is 10.1. The third-order valence-corrected chi connectivity index (χ3v) is 4.17. The highest BCUT2D eigenvalue weighted by atomic mass is 16.5. The Kier molecular flexibility index (Phi) is 5.25. The Labute approximate surface area is 154 Å². The molecule has 1 N–H and O–H groups in total. The van der Waals surface area contributed by atoms with Gasteiger partial charge in [0.15, 0.2) is 0 Å². The monoisotopic (exact) mass is 366 g/mol. The van der Waals surface area contributed by atoms with Crippen LogP contribution in [0.15, 0.2) is 53.3 Å². The molecule has 2 aromatic carbocycles. The molecule has 8 nitrogen and oxygen atoms in total. The number of nitrogens with zero attached hydrogens (tertiary/aromatic N) is 3. The van der Waals surface area contributed by atoms with Crippen LogP contribution < -0.4 is 10.9 Å². The molecule has 0 bridgehead atoms. The number of carbonyl (C=O) groups is 2. The molecule has 138 valence electrons. The molecule has 1 aromatic heterocycles. The molecule has 0 aliphatic heterocycles. The first kappa shape index (κ1) is 18.2. The van der Waals surface area contributed by atoms with Crippen LogP contribution in [0.4, 0.5) is 5.69 Å². The fraction of sp³-hybridized carbons (Fsp3) is 0.211. The van der Waals surface area contributed by atoms with Crippen LogP contribution in [0.2, 0.25) is 0 Å². The number of rotatable bonds is 5. The van der Waals surface area contributed by atoms with Gasteiger partial charge in [-0.1, -0.05) is 36.4 Å². The van der Waals surface area contributed by atoms with Crippen molar-refractivity contribution in [3.8, 4) is 0 Å². The molecule has 0 aliphatic carbocycles. The molecule has 8 heteroatoms. The van der Waals surface area contributed by atoms with Gasteiger partial charge in [0, 0.05) is 0 Å². The summed E-state index contributed by atoms with van der Waals surface area (Å²) in [4.78, 5) is 37.4. The number of anilines is 1. The van der Waals surface area contributed by atoms with Gasteiger partial charge >= 0.3 is 5.97 Å². The van der Waals surface area contributed by atoms with E-state index in [1.165, 1.54) is 7.11 Å². The van der Waals surface area contributed by atoms with E-state index in [9.17, 15) is 14.4 Å². The number of aromatic nitrogens is 3. The molecular weight excluding hydrogens is 348 g/mol. The van der Waals surface area contributed by atoms with Crippen molar-refractivity contribution in [2.24, 2.45) is 0 Å². The van der Waals surface area contributed by atoms with Crippen molar-refractivity contribution in [2.45, 2.75) is 19.4 Å². The summed E-state index contributed by atoms with van der Waals surface area (Å²) in [5.74, 6) is -1.04. The third-order valence-electron chi connectivity index (χ3n) is 4.17. The second-order valence-electron chi connectivity index (χ2n) is 5.81. The van der Waals surface area contributed by atoms with E-state index < -0.39 is 23.5 Å². The highest BCUT2D eigenvalue weighted by Gasteiger charge is 2.24. The number of hydrogen-bond donors (Lipinski definition) is 1. The van der Waals surface area contributed by atoms with Crippen molar-refractivity contribution in [3.05, 3.63) is 64.4 Å². The minimum absolute atomic E-state index is 0.222. The maximum absolute atomic E-state index is 12.8. The molecule has 0 spiro atoms. The van der Waals surface area contributed by atoms with Crippen LogP contribution in [0, 0.1) is 0 Å². The van der Waals surface area contributed by atoms with Crippen molar-refractivity contribution in [1.29, 1.82) is 0 Å². The standard InChI is InChI=1S/C19H18N4O4/c1-3-16(23-18(25)12-8-4-7-11-15(12)21-22-23)17(24)20-14-10-6-5-9-13(14)19(26)27-2/h4-11,16H,3H2,1-2H3,(H,20,24). The summed E-state index contributed by atoms with van der Waals surface area (Å²) in [6.07, 6.45) is 0.319. The zero-order valence-corrected chi connectivity index (χ0v) is 14.9. The molecule has 0 aliphatic rings. The fourth-order valence-corrected chi connectivity index (χ4v) is 2.77. The van der Waals surface area contributed by atoms with E-state index in [0.717, 1.165) is 4.68 Å². The maximum Gasteiger partial charge on any atom is 0.339 e. The zero-order chi connectivity index (χ0) is 19.4. The van der Waals surface area contributed by atoms with Gasteiger partial charge in [0.05, 0.1) is 23.7 Å². The van der Waals surface area contributed by atoms with E-state index in [-0.39, 0.29) is 5.56 Å². The average molecular weight is 366 g/mol. The quantitative estimate of drug-likeness (QED) is 0.694. The van der Waals surface area contributed by atoms with Crippen molar-refractivity contribution in [3.63, 3.8) is 0 Å². The van der Waals surface area contributed by atoms with Crippen LogP contribution in [0.1, 0.15) is 29.7 Å². The maximum atomic E-state index is 12.8. The molecule has 0 radical (unpaired) electrons. The predicted molar refractivity (Wildman–Crippen MR) is 99.5 cm³/mol. The molecule has 1 unspecified atom stereocenters. The van der Waals surface area contributed by atoms with E-state index in [4.69, 9.17) is 4.74 Å². The molecule has 1 amide bonds. The normalized spacial score (nSPS) is 11.8. The largest absolute Gasteiger partial charge is 0.465 e. The molecule has 0 saturated carbocycles. The number of nitrogens with one attached hydrogen (secondary N) is 1. The Morgan fingerprint density at radius 2 is 1.85 bits per heavy atom. The van der Waals surface area contributed by atoms with Gasteiger partial charge in [-0.2, -0.15) is 4.68 Å². The molecule has 3 aromatic rings. The third kappa shape index (κ3) is 3.55. The first-order chi connectivity index (χ1) is 13.1. The Morgan fingerprint density at radius 1 is 1.15 bits per heavy atom. The molecule has 0 fully saturated rings. The number of ether oxygens (including phenoxy) is 1. The van der Waals surface area contributed by atoms with Gasteiger partial charge in [-0.25, -0.2) is 4.79 Å². The fourth-order valence-electron chi connectivity index (χ4n) is 2.77. The summed E-state index contributed by atoms with van der Waals surface area (Å²) in [6.45, 7) is 1.76. The van der Waals surface area contributed by atoms with Crippen molar-refractivity contribution in [1.82, 2.24) is 15.0 Å². The number of methoxy groups -OCH3 is 1. The molecule has 27 heavy (non-hydrogen) atoms. The minimum atomic E-state index is -0.875. The van der Waals surface area contributed by atoms with Crippen molar-refractivity contribution in [2.75, 3.05) is 12.4 Å². The SMILES string of the molecule is CCC(C(=O)Nc1ccccc1C(=O)OC)n1nnc2ccccc2c1=O. The lowest BCUT2D eigenvalue weighted by Crippen LogP contribution is -2.35. The number of para-hydroxylation sites is 1. The Bertz CT molecular complexity index is 1060. The first-order valence-corrected chi connectivity index (χ1v) is 8.39. The number of benzene rings is 2. The summed E-state index contributed by atoms with van der Waals surface area (Å²) >= 11 is 0. The summed E-state index contributed by atoms with van der Waals surface area (Å²) in [5.41, 5.74) is 0.587. The van der Waals surface area contributed by atoms with Gasteiger partial charge in [-0.05, 0) is 30.7 Å². The number of esters is 1. The molecule has 1 atom stereocenters. The number of amides is 1. The lowest BCUT2D eigenvalue weighted by Gasteiger charge is -2.17. The summed E-state index contributed by atoms with van der Waals surface area (Å²) in [5, 5.41) is 11.0. The zero-order valence-electron chi connectivity index (χ0n) is 14.9. The summed E-state index contributed by atoms with van der Waals surface area (Å²) in [6, 6.07) is 12.4. The minimum Gasteiger partial charge on any atom is -0.465 e. The van der Waals surface area contributed by atoms with Gasteiger partial charge in [0.25, 0.3) is 5.56 Å². The topological polar surface area (TPSA) is 103 Å². The highest BCUT2D eigenvalue weighted by molar-refractivity contribution is 6.02. The first-order valence-electron chi connectivity index (χ1n) is 8.39. The average Bonchev–Trinajstić information content (AvgIpc) is 2.70. The van der Waals surface area contributed by atoms with E-state index in [1.54, 1.807) is 55.5 Å². The van der Waals surface area contributed by atoms with Crippen LogP contribution in [0.25, 0.3) is 10.9 Å². The van der Waals surface area contributed by atoms with Crippen molar-refractivity contribution >= 4 is 28.5 Å². The smallest absolute Gasteiger partial charge is 0.339 e. The number of hydrogen-bond acceptors (Lipinski definition) is 6. The molecule has 3 rings (SSSR count). The van der Waals surface area contributed by atoms with Crippen LogP contribution in [-0.2, 0) is 9.53 Å². The molecule has 0 saturated heterocycles. The predicted octanol–water partition coefficient (Wildman–Crippen LogP) is 2.17. The van der Waals surface area contributed by atoms with Gasteiger partial charge in [-0.15, -0.1) is 5.10 Å².